The highest BCUT2D eigenvalue weighted by molar-refractivity contribution is 7.92. The molecule has 0 amide bonds. The molecular weight excluding hydrogens is 291 g/mol. The summed E-state index contributed by atoms with van der Waals surface area (Å²) in [7, 11) is -3.89. The third kappa shape index (κ3) is 3.40. The lowest BCUT2D eigenvalue weighted by molar-refractivity contribution is 0.593. The first kappa shape index (κ1) is 15.5. The maximum atomic E-state index is 13.4. The number of nitrogens with two attached hydrogens (primary N) is 1. The Morgan fingerprint density at radius 1 is 1.14 bits per heavy atom. The number of benzene rings is 2. The number of halogens is 1. The van der Waals surface area contributed by atoms with Crippen LogP contribution in [0, 0.1) is 19.7 Å². The van der Waals surface area contributed by atoms with Crippen LogP contribution in [-0.4, -0.2) is 8.42 Å². The normalized spacial score (nSPS) is 11.4. The van der Waals surface area contributed by atoms with E-state index < -0.39 is 15.8 Å². The summed E-state index contributed by atoms with van der Waals surface area (Å²) in [4.78, 5) is -0.133. The molecule has 3 N–H and O–H groups in total. The van der Waals surface area contributed by atoms with Gasteiger partial charge >= 0.3 is 0 Å². The predicted molar refractivity (Wildman–Crippen MR) is 81.0 cm³/mol. The molecule has 0 aromatic heterocycles. The fourth-order valence-electron chi connectivity index (χ4n) is 1.99. The van der Waals surface area contributed by atoms with E-state index in [0.29, 0.717) is 11.3 Å². The molecule has 0 aliphatic heterocycles. The van der Waals surface area contributed by atoms with E-state index in [2.05, 4.69) is 4.72 Å². The highest BCUT2D eigenvalue weighted by Gasteiger charge is 2.19. The van der Waals surface area contributed by atoms with Crippen molar-refractivity contribution in [1.82, 2.24) is 0 Å². The van der Waals surface area contributed by atoms with E-state index in [4.69, 9.17) is 5.73 Å². The molecule has 0 heterocycles. The van der Waals surface area contributed by atoms with Crippen LogP contribution in [-0.2, 0) is 16.6 Å². The van der Waals surface area contributed by atoms with E-state index in [9.17, 15) is 12.8 Å². The molecule has 0 bridgehead atoms. The zero-order chi connectivity index (χ0) is 15.6. The molecule has 4 nitrogen and oxygen atoms in total. The lowest BCUT2D eigenvalue weighted by atomic mass is 10.1. The molecule has 0 spiro atoms. The second kappa shape index (κ2) is 5.83. The van der Waals surface area contributed by atoms with E-state index in [-0.39, 0.29) is 11.4 Å². The molecule has 0 fully saturated rings. The molecule has 0 aliphatic rings. The maximum Gasteiger partial charge on any atom is 0.262 e. The molecule has 0 atom stereocenters. The quantitative estimate of drug-likeness (QED) is 0.912. The lowest BCUT2D eigenvalue weighted by Gasteiger charge is -2.13. The van der Waals surface area contributed by atoms with Crippen LogP contribution in [0.1, 0.15) is 16.7 Å². The summed E-state index contributed by atoms with van der Waals surface area (Å²) in [5, 5.41) is 0. The third-order valence-corrected chi connectivity index (χ3v) is 4.62. The van der Waals surface area contributed by atoms with Crippen LogP contribution >= 0.6 is 0 Å². The second-order valence-corrected chi connectivity index (χ2v) is 6.53. The molecule has 2 rings (SSSR count). The van der Waals surface area contributed by atoms with Crippen molar-refractivity contribution >= 4 is 15.7 Å². The summed E-state index contributed by atoms with van der Waals surface area (Å²) < 4.78 is 40.8. The standard InChI is InChI=1S/C15H17FN2O2S/c1-10-3-4-11(2)14(7-10)18-21(19,20)15-8-13(16)6-5-12(15)9-17/h3-8,18H,9,17H2,1-2H3. The van der Waals surface area contributed by atoms with Gasteiger partial charge in [-0.05, 0) is 48.7 Å². The monoisotopic (exact) mass is 308 g/mol. The van der Waals surface area contributed by atoms with Crippen LogP contribution in [0.4, 0.5) is 10.1 Å². The van der Waals surface area contributed by atoms with Crippen molar-refractivity contribution in [1.29, 1.82) is 0 Å². The number of hydrogen-bond acceptors (Lipinski definition) is 3. The van der Waals surface area contributed by atoms with Crippen LogP contribution in [0.15, 0.2) is 41.3 Å². The van der Waals surface area contributed by atoms with Crippen molar-refractivity contribution in [2.45, 2.75) is 25.3 Å². The summed E-state index contributed by atoms with van der Waals surface area (Å²) in [6.45, 7) is 3.68. The lowest BCUT2D eigenvalue weighted by Crippen LogP contribution is -2.17. The minimum absolute atomic E-state index is 0.0172. The van der Waals surface area contributed by atoms with Crippen LogP contribution in [0.5, 0.6) is 0 Å². The number of anilines is 1. The first-order chi connectivity index (χ1) is 9.83. The van der Waals surface area contributed by atoms with Gasteiger partial charge in [-0.15, -0.1) is 0 Å². The van der Waals surface area contributed by atoms with Crippen molar-refractivity contribution in [3.63, 3.8) is 0 Å². The van der Waals surface area contributed by atoms with Crippen LogP contribution in [0.3, 0.4) is 0 Å². The van der Waals surface area contributed by atoms with Gasteiger partial charge in [-0.2, -0.15) is 0 Å². The first-order valence-corrected chi connectivity index (χ1v) is 7.90. The molecule has 112 valence electrons. The van der Waals surface area contributed by atoms with Crippen molar-refractivity contribution in [3.8, 4) is 0 Å². The summed E-state index contributed by atoms with van der Waals surface area (Å²) in [5.74, 6) is -0.617. The van der Waals surface area contributed by atoms with E-state index in [1.165, 1.54) is 12.1 Å². The van der Waals surface area contributed by atoms with E-state index >= 15 is 0 Å². The van der Waals surface area contributed by atoms with Gasteiger partial charge in [-0.25, -0.2) is 12.8 Å². The SMILES string of the molecule is Cc1ccc(C)c(NS(=O)(=O)c2cc(F)ccc2CN)c1. The highest BCUT2D eigenvalue weighted by atomic mass is 32.2. The van der Waals surface area contributed by atoms with Crippen LogP contribution in [0.25, 0.3) is 0 Å². The Morgan fingerprint density at radius 2 is 1.86 bits per heavy atom. The fourth-order valence-corrected chi connectivity index (χ4v) is 3.38. The Bertz CT molecular complexity index is 773. The Labute approximate surface area is 123 Å². The Hall–Kier alpha value is -1.92. The zero-order valence-corrected chi connectivity index (χ0v) is 12.7. The van der Waals surface area contributed by atoms with E-state index in [1.807, 2.05) is 19.1 Å². The number of aryl methyl sites for hydroxylation is 2. The molecule has 0 saturated heterocycles. The predicted octanol–water partition coefficient (Wildman–Crippen LogP) is 2.70. The smallest absolute Gasteiger partial charge is 0.262 e. The van der Waals surface area contributed by atoms with Gasteiger partial charge in [0.05, 0.1) is 10.6 Å². The van der Waals surface area contributed by atoms with Gasteiger partial charge < -0.3 is 5.73 Å². The second-order valence-electron chi connectivity index (χ2n) is 4.88. The topological polar surface area (TPSA) is 72.2 Å². The molecule has 0 radical (unpaired) electrons. The Morgan fingerprint density at radius 3 is 2.52 bits per heavy atom. The maximum absolute atomic E-state index is 13.4. The largest absolute Gasteiger partial charge is 0.326 e. The molecule has 0 aliphatic carbocycles. The molecule has 6 heteroatoms. The number of hydrogen-bond donors (Lipinski definition) is 2. The highest BCUT2D eigenvalue weighted by Crippen LogP contribution is 2.23. The van der Waals surface area contributed by atoms with Gasteiger partial charge in [-0.3, -0.25) is 4.72 Å². The molecule has 21 heavy (non-hydrogen) atoms. The zero-order valence-electron chi connectivity index (χ0n) is 11.9. The minimum Gasteiger partial charge on any atom is -0.326 e. The van der Waals surface area contributed by atoms with Gasteiger partial charge in [0.25, 0.3) is 10.0 Å². The summed E-state index contributed by atoms with van der Waals surface area (Å²) >= 11 is 0. The number of nitrogens with one attached hydrogen (secondary N) is 1. The van der Waals surface area contributed by atoms with E-state index in [1.54, 1.807) is 13.0 Å². The molecule has 2 aromatic rings. The van der Waals surface area contributed by atoms with Crippen molar-refractivity contribution in [3.05, 3.63) is 58.9 Å². The van der Waals surface area contributed by atoms with E-state index in [0.717, 1.165) is 17.2 Å². The van der Waals surface area contributed by atoms with Crippen LogP contribution in [0.2, 0.25) is 0 Å². The number of rotatable bonds is 4. The fraction of sp³-hybridized carbons (Fsp3) is 0.200. The van der Waals surface area contributed by atoms with Gasteiger partial charge in [-0.1, -0.05) is 18.2 Å². The minimum atomic E-state index is -3.89. The Kier molecular flexibility index (Phi) is 4.29. The summed E-state index contributed by atoms with van der Waals surface area (Å²) in [6, 6.07) is 9.00. The summed E-state index contributed by atoms with van der Waals surface area (Å²) in [5.41, 5.74) is 8.09. The molecular formula is C15H17FN2O2S. The molecule has 0 unspecified atom stereocenters. The first-order valence-electron chi connectivity index (χ1n) is 6.42. The van der Waals surface area contributed by atoms with Crippen molar-refractivity contribution in [2.75, 3.05) is 4.72 Å². The average molecular weight is 308 g/mol. The Balaban J connectivity index is 2.48. The third-order valence-electron chi connectivity index (χ3n) is 3.18. The van der Waals surface area contributed by atoms with Crippen molar-refractivity contribution < 1.29 is 12.8 Å². The van der Waals surface area contributed by atoms with Crippen LogP contribution < -0.4 is 10.5 Å². The van der Waals surface area contributed by atoms with Crippen molar-refractivity contribution in [2.24, 2.45) is 5.73 Å². The average Bonchev–Trinajstić information content (AvgIpc) is 2.42. The van der Waals surface area contributed by atoms with Gasteiger partial charge in [0.1, 0.15) is 5.82 Å². The van der Waals surface area contributed by atoms with Gasteiger partial charge in [0.2, 0.25) is 0 Å². The molecule has 2 aromatic carbocycles. The van der Waals surface area contributed by atoms with Gasteiger partial charge in [0, 0.05) is 6.54 Å². The number of sulfonamides is 1. The summed E-state index contributed by atoms with van der Waals surface area (Å²) in [6.07, 6.45) is 0. The van der Waals surface area contributed by atoms with Gasteiger partial charge in [0.15, 0.2) is 0 Å². The molecule has 0 saturated carbocycles.